The van der Waals surface area contributed by atoms with Crippen molar-refractivity contribution in [1.82, 2.24) is 4.98 Å². The average Bonchev–Trinajstić information content (AvgIpc) is 1.77. The Hall–Kier alpha value is -0.401. The Morgan fingerprint density at radius 1 is 1.62 bits per heavy atom. The molecule has 0 aliphatic heterocycles. The molecule has 1 rings (SSSR count). The Morgan fingerprint density at radius 3 is 2.75 bits per heavy atom. The van der Waals surface area contributed by atoms with E-state index in [1.165, 1.54) is 6.07 Å². The van der Waals surface area contributed by atoms with Crippen molar-refractivity contribution in [3.8, 4) is 0 Å². The normalized spacial score (nSPS) is 9.12. The summed E-state index contributed by atoms with van der Waals surface area (Å²) in [5, 5.41) is 0. The first-order valence-electron chi connectivity index (χ1n) is 2.14. The van der Waals surface area contributed by atoms with Gasteiger partial charge in [0.05, 0.1) is 0 Å². The van der Waals surface area contributed by atoms with Crippen molar-refractivity contribution in [3.63, 3.8) is 0 Å². The van der Waals surface area contributed by atoms with Crippen LogP contribution in [0.25, 0.3) is 0 Å². The van der Waals surface area contributed by atoms with E-state index in [4.69, 9.17) is 0 Å². The van der Waals surface area contributed by atoms with Gasteiger partial charge in [-0.25, -0.2) is 0 Å². The summed E-state index contributed by atoms with van der Waals surface area (Å²) in [6, 6.07) is 3.00. The number of halogens is 1. The van der Waals surface area contributed by atoms with Gasteiger partial charge in [-0.3, -0.25) is 0 Å². The van der Waals surface area contributed by atoms with Crippen LogP contribution < -0.4 is 0 Å². The number of aromatic amines is 1. The molecule has 0 bridgehead atoms. The number of hydrogen-bond acceptors (Lipinski definition) is 0. The van der Waals surface area contributed by atoms with Gasteiger partial charge in [-0.2, -0.15) is 0 Å². The van der Waals surface area contributed by atoms with E-state index < -0.39 is 0 Å². The minimum atomic E-state index is -0.243. The Morgan fingerprint density at radius 2 is 2.38 bits per heavy atom. The summed E-state index contributed by atoms with van der Waals surface area (Å²) < 4.78 is 12.7. The molecule has 42 valence electrons. The Labute approximate surface area is 53.9 Å². The van der Waals surface area contributed by atoms with Gasteiger partial charge in [-0.15, -0.1) is 0 Å². The van der Waals surface area contributed by atoms with Gasteiger partial charge in [0.1, 0.15) is 0 Å². The van der Waals surface area contributed by atoms with Crippen LogP contribution in [0.5, 0.6) is 0 Å². The predicted octanol–water partition coefficient (Wildman–Crippen LogP) is 0.854. The third-order valence-electron chi connectivity index (χ3n) is 0.770. The second kappa shape index (κ2) is 2.25. The van der Waals surface area contributed by atoms with Crippen molar-refractivity contribution in [2.24, 2.45) is 0 Å². The van der Waals surface area contributed by atoms with Gasteiger partial charge in [-0.05, 0) is 0 Å². The molecule has 1 N–H and O–H groups in total. The third kappa shape index (κ3) is 1.05. The second-order valence-corrected chi connectivity index (χ2v) is 2.20. The summed E-state index contributed by atoms with van der Waals surface area (Å²) in [6.45, 7) is 0. The molecule has 1 aromatic rings. The zero-order valence-electron chi connectivity index (χ0n) is 4.02. The van der Waals surface area contributed by atoms with Crippen molar-refractivity contribution < 1.29 is 4.39 Å². The van der Waals surface area contributed by atoms with Crippen molar-refractivity contribution in [2.45, 2.75) is 0 Å². The maximum atomic E-state index is 12.3. The zero-order chi connectivity index (χ0) is 5.98. The van der Waals surface area contributed by atoms with Crippen molar-refractivity contribution in [3.05, 3.63) is 28.3 Å². The number of rotatable bonds is 0. The van der Waals surface area contributed by atoms with Crippen LogP contribution in [0.15, 0.2) is 18.3 Å². The summed E-state index contributed by atoms with van der Waals surface area (Å²) in [6.07, 6.45) is 1.66. The predicted molar refractivity (Wildman–Crippen MR) is 29.7 cm³/mol. The van der Waals surface area contributed by atoms with Crippen LogP contribution in [0.3, 0.4) is 0 Å². The molecule has 3 heteroatoms. The van der Waals surface area contributed by atoms with E-state index in [2.05, 4.69) is 20.6 Å². The summed E-state index contributed by atoms with van der Waals surface area (Å²) in [4.78, 5) is 2.67. The van der Waals surface area contributed by atoms with Crippen LogP contribution >= 0.6 is 0 Å². The zero-order valence-corrected chi connectivity index (χ0v) is 5.73. The topological polar surface area (TPSA) is 15.8 Å². The van der Waals surface area contributed by atoms with Crippen LogP contribution in [0.2, 0.25) is 0 Å². The number of pyridine rings is 1. The first kappa shape index (κ1) is 5.73. The molecule has 0 aliphatic carbocycles. The van der Waals surface area contributed by atoms with E-state index in [-0.39, 0.29) is 5.82 Å². The summed E-state index contributed by atoms with van der Waals surface area (Å²) in [7, 11) is 0. The van der Waals surface area contributed by atoms with E-state index in [0.29, 0.717) is 4.19 Å². The van der Waals surface area contributed by atoms with Crippen LogP contribution in [0.4, 0.5) is 4.39 Å². The van der Waals surface area contributed by atoms with E-state index in [1.807, 2.05) is 0 Å². The molecular formula is C5H4FNSe. The van der Waals surface area contributed by atoms with Gasteiger partial charge < -0.3 is 0 Å². The average molecular weight is 176 g/mol. The summed E-state index contributed by atoms with van der Waals surface area (Å²) >= 11 is 2.54. The number of nitrogens with one attached hydrogen (secondary N) is 1. The molecule has 0 radical (unpaired) electrons. The molecule has 0 amide bonds. The Balaban J connectivity index is 3.35. The van der Waals surface area contributed by atoms with E-state index in [1.54, 1.807) is 12.3 Å². The summed E-state index contributed by atoms with van der Waals surface area (Å²) in [5.74, 6) is -0.243. The molecule has 0 aliphatic rings. The fraction of sp³-hybridized carbons (Fsp3) is 0. The van der Waals surface area contributed by atoms with Crippen molar-refractivity contribution in [1.29, 1.82) is 0 Å². The van der Waals surface area contributed by atoms with Gasteiger partial charge in [0.2, 0.25) is 0 Å². The second-order valence-electron chi connectivity index (χ2n) is 1.35. The summed E-state index contributed by atoms with van der Waals surface area (Å²) in [5.41, 5.74) is 0. The molecule has 0 saturated carbocycles. The van der Waals surface area contributed by atoms with Crippen LogP contribution in [0, 0.1) is 10.0 Å². The molecule has 0 aromatic carbocycles. The SMILES string of the molecule is Fc1ccc[nH]c1=[Se]. The van der Waals surface area contributed by atoms with Crippen LogP contribution in [-0.2, 0) is 0 Å². The fourth-order valence-electron chi connectivity index (χ4n) is 0.401. The first-order chi connectivity index (χ1) is 3.80. The quantitative estimate of drug-likeness (QED) is 0.564. The fourth-order valence-corrected chi connectivity index (χ4v) is 0.687. The Kier molecular flexibility index (Phi) is 1.61. The number of H-pyrrole nitrogens is 1. The van der Waals surface area contributed by atoms with Crippen molar-refractivity contribution in [2.75, 3.05) is 0 Å². The monoisotopic (exact) mass is 177 g/mol. The maximum absolute atomic E-state index is 12.3. The minimum absolute atomic E-state index is 0.243. The number of aromatic nitrogens is 1. The standard InChI is InChI=1S/C5H4FNSe/c6-4-2-1-3-7-5(4)8/h1-3H,(H,7,8). The molecule has 1 aromatic heterocycles. The molecule has 0 fully saturated rings. The molecule has 0 unspecified atom stereocenters. The van der Waals surface area contributed by atoms with Gasteiger partial charge >= 0.3 is 53.3 Å². The van der Waals surface area contributed by atoms with E-state index >= 15 is 0 Å². The molecule has 0 spiro atoms. The van der Waals surface area contributed by atoms with E-state index in [9.17, 15) is 4.39 Å². The third-order valence-corrected chi connectivity index (χ3v) is 1.43. The van der Waals surface area contributed by atoms with Gasteiger partial charge in [0.15, 0.2) is 0 Å². The van der Waals surface area contributed by atoms with E-state index in [0.717, 1.165) is 0 Å². The van der Waals surface area contributed by atoms with Gasteiger partial charge in [0.25, 0.3) is 0 Å². The molecule has 8 heavy (non-hydrogen) atoms. The van der Waals surface area contributed by atoms with Crippen LogP contribution in [-0.4, -0.2) is 20.6 Å². The molecule has 0 saturated heterocycles. The van der Waals surface area contributed by atoms with Crippen LogP contribution in [0.1, 0.15) is 0 Å². The number of hydrogen-bond donors (Lipinski definition) is 1. The van der Waals surface area contributed by atoms with Gasteiger partial charge in [-0.1, -0.05) is 0 Å². The molecule has 1 heterocycles. The first-order valence-corrected chi connectivity index (χ1v) is 2.99. The Bertz CT molecular complexity index is 230. The molecule has 1 nitrogen and oxygen atoms in total. The molecule has 0 atom stereocenters. The van der Waals surface area contributed by atoms with Gasteiger partial charge in [0, 0.05) is 0 Å². The molecular weight excluding hydrogens is 172 g/mol. The van der Waals surface area contributed by atoms with Crippen molar-refractivity contribution >= 4 is 15.6 Å².